The van der Waals surface area contributed by atoms with Gasteiger partial charge in [-0.25, -0.2) is 0 Å². The van der Waals surface area contributed by atoms with E-state index in [0.717, 1.165) is 22.6 Å². The van der Waals surface area contributed by atoms with E-state index in [1.807, 2.05) is 62.6 Å². The topological polar surface area (TPSA) is 65.4 Å². The van der Waals surface area contributed by atoms with Crippen LogP contribution in [0.25, 0.3) is 0 Å². The number of nitrogens with one attached hydrogen (secondary N) is 1. The fraction of sp³-hybridized carbons (Fsp3) is 0.238. The van der Waals surface area contributed by atoms with E-state index in [1.165, 1.54) is 0 Å². The van der Waals surface area contributed by atoms with Crippen LogP contribution in [0.5, 0.6) is 11.5 Å². The van der Waals surface area contributed by atoms with Gasteiger partial charge in [-0.15, -0.1) is 0 Å². The van der Waals surface area contributed by atoms with Crippen molar-refractivity contribution < 1.29 is 14.3 Å². The number of amides is 1. The zero-order valence-electron chi connectivity index (χ0n) is 15.5. The minimum atomic E-state index is -0.123. The SMILES string of the molecule is CCOc1ccc(OCc2cccc(C(=O)NCc3cnn(C)c3)c2)cc1. The molecule has 1 aromatic heterocycles. The molecule has 6 nitrogen and oxygen atoms in total. The van der Waals surface area contributed by atoms with Crippen molar-refractivity contribution in [2.45, 2.75) is 20.1 Å². The predicted octanol–water partition coefficient (Wildman–Crippen LogP) is 3.33. The van der Waals surface area contributed by atoms with Crippen LogP contribution in [0.4, 0.5) is 0 Å². The van der Waals surface area contributed by atoms with Gasteiger partial charge in [-0.05, 0) is 48.9 Å². The molecule has 0 bridgehead atoms. The van der Waals surface area contributed by atoms with Crippen LogP contribution in [0.1, 0.15) is 28.4 Å². The Hall–Kier alpha value is -3.28. The van der Waals surface area contributed by atoms with Gasteiger partial charge in [0.15, 0.2) is 0 Å². The molecule has 2 aromatic carbocycles. The number of carbonyl (C=O) groups excluding carboxylic acids is 1. The Labute approximate surface area is 158 Å². The Kier molecular flexibility index (Phi) is 6.10. The third-order valence-corrected chi connectivity index (χ3v) is 3.94. The number of benzene rings is 2. The molecule has 0 unspecified atom stereocenters. The summed E-state index contributed by atoms with van der Waals surface area (Å²) in [5.41, 5.74) is 2.49. The lowest BCUT2D eigenvalue weighted by molar-refractivity contribution is 0.0950. The number of aryl methyl sites for hydroxylation is 1. The molecule has 1 amide bonds. The molecule has 6 heteroatoms. The molecule has 1 N–H and O–H groups in total. The van der Waals surface area contributed by atoms with Crippen LogP contribution in [0.3, 0.4) is 0 Å². The van der Waals surface area contributed by atoms with Gasteiger partial charge in [-0.3, -0.25) is 9.48 Å². The summed E-state index contributed by atoms with van der Waals surface area (Å²) < 4.78 is 12.9. The smallest absolute Gasteiger partial charge is 0.251 e. The van der Waals surface area contributed by atoms with Gasteiger partial charge in [0.05, 0.1) is 12.8 Å². The van der Waals surface area contributed by atoms with Gasteiger partial charge in [-0.1, -0.05) is 12.1 Å². The molecule has 1 heterocycles. The van der Waals surface area contributed by atoms with E-state index in [9.17, 15) is 4.79 Å². The van der Waals surface area contributed by atoms with Gasteiger partial charge < -0.3 is 14.8 Å². The molecule has 0 saturated carbocycles. The summed E-state index contributed by atoms with van der Waals surface area (Å²) >= 11 is 0. The molecule has 0 spiro atoms. The quantitative estimate of drug-likeness (QED) is 0.665. The Balaban J connectivity index is 1.55. The highest BCUT2D eigenvalue weighted by Crippen LogP contribution is 2.19. The maximum absolute atomic E-state index is 12.4. The maximum Gasteiger partial charge on any atom is 0.251 e. The number of aromatic nitrogens is 2. The number of ether oxygens (including phenoxy) is 2. The average Bonchev–Trinajstić information content (AvgIpc) is 3.11. The Morgan fingerprint density at radius 1 is 1.07 bits per heavy atom. The average molecular weight is 365 g/mol. The van der Waals surface area contributed by atoms with Crippen LogP contribution >= 0.6 is 0 Å². The first-order valence-electron chi connectivity index (χ1n) is 8.84. The molecule has 27 heavy (non-hydrogen) atoms. The summed E-state index contributed by atoms with van der Waals surface area (Å²) in [4.78, 5) is 12.4. The number of rotatable bonds is 8. The van der Waals surface area contributed by atoms with Gasteiger partial charge in [0.1, 0.15) is 18.1 Å². The Morgan fingerprint density at radius 2 is 1.81 bits per heavy atom. The van der Waals surface area contributed by atoms with Gasteiger partial charge >= 0.3 is 0 Å². The van der Waals surface area contributed by atoms with E-state index >= 15 is 0 Å². The third-order valence-electron chi connectivity index (χ3n) is 3.94. The standard InChI is InChI=1S/C21H23N3O3/c1-3-26-19-7-9-20(10-8-19)27-15-16-5-4-6-18(11-16)21(25)22-12-17-13-23-24(2)14-17/h4-11,13-14H,3,12,15H2,1-2H3,(H,22,25). The molecule has 0 fully saturated rings. The van der Waals surface area contributed by atoms with Crippen LogP contribution in [0.2, 0.25) is 0 Å². The number of hydrogen-bond donors (Lipinski definition) is 1. The van der Waals surface area contributed by atoms with E-state index in [4.69, 9.17) is 9.47 Å². The van der Waals surface area contributed by atoms with E-state index in [0.29, 0.717) is 25.3 Å². The molecule has 140 valence electrons. The first kappa shape index (κ1) is 18.5. The molecule has 0 radical (unpaired) electrons. The van der Waals surface area contributed by atoms with Crippen LogP contribution in [-0.4, -0.2) is 22.3 Å². The summed E-state index contributed by atoms with van der Waals surface area (Å²) in [6, 6.07) is 14.9. The fourth-order valence-electron chi connectivity index (χ4n) is 2.62. The molecule has 0 aliphatic heterocycles. The van der Waals surface area contributed by atoms with Crippen molar-refractivity contribution >= 4 is 5.91 Å². The van der Waals surface area contributed by atoms with Crippen LogP contribution in [-0.2, 0) is 20.2 Å². The van der Waals surface area contributed by atoms with Crippen molar-refractivity contribution in [1.29, 1.82) is 0 Å². The summed E-state index contributed by atoms with van der Waals surface area (Å²) in [6.45, 7) is 3.41. The molecular weight excluding hydrogens is 342 g/mol. The fourth-order valence-corrected chi connectivity index (χ4v) is 2.62. The molecule has 0 aliphatic rings. The second kappa shape index (κ2) is 8.89. The lowest BCUT2D eigenvalue weighted by Gasteiger charge is -2.09. The monoisotopic (exact) mass is 365 g/mol. The van der Waals surface area contributed by atoms with Gasteiger partial charge in [0.25, 0.3) is 5.91 Å². The lowest BCUT2D eigenvalue weighted by Crippen LogP contribution is -2.22. The van der Waals surface area contributed by atoms with E-state index in [-0.39, 0.29) is 5.91 Å². The van der Waals surface area contributed by atoms with E-state index in [2.05, 4.69) is 10.4 Å². The first-order valence-corrected chi connectivity index (χ1v) is 8.84. The molecule has 0 atom stereocenters. The minimum Gasteiger partial charge on any atom is -0.494 e. The van der Waals surface area contributed by atoms with Crippen molar-refractivity contribution in [3.05, 3.63) is 77.6 Å². The first-order chi connectivity index (χ1) is 13.1. The zero-order valence-corrected chi connectivity index (χ0v) is 15.5. The van der Waals surface area contributed by atoms with Crippen molar-refractivity contribution in [3.8, 4) is 11.5 Å². The highest BCUT2D eigenvalue weighted by molar-refractivity contribution is 5.94. The van der Waals surface area contributed by atoms with Gasteiger partial charge in [0.2, 0.25) is 0 Å². The molecule has 0 aliphatic carbocycles. The molecule has 3 aromatic rings. The summed E-state index contributed by atoms with van der Waals surface area (Å²) in [5, 5.41) is 6.99. The normalized spacial score (nSPS) is 10.4. The number of nitrogens with zero attached hydrogens (tertiary/aromatic N) is 2. The van der Waals surface area contributed by atoms with Crippen LogP contribution in [0.15, 0.2) is 60.9 Å². The van der Waals surface area contributed by atoms with Gasteiger partial charge in [-0.2, -0.15) is 5.10 Å². The summed E-state index contributed by atoms with van der Waals surface area (Å²) in [5.74, 6) is 1.45. The summed E-state index contributed by atoms with van der Waals surface area (Å²) in [7, 11) is 1.85. The molecular formula is C21H23N3O3. The minimum absolute atomic E-state index is 0.123. The van der Waals surface area contributed by atoms with Gasteiger partial charge in [0, 0.05) is 30.9 Å². The largest absolute Gasteiger partial charge is 0.494 e. The third kappa shape index (κ3) is 5.34. The van der Waals surface area contributed by atoms with Crippen molar-refractivity contribution in [2.24, 2.45) is 7.05 Å². The van der Waals surface area contributed by atoms with Crippen molar-refractivity contribution in [2.75, 3.05) is 6.61 Å². The summed E-state index contributed by atoms with van der Waals surface area (Å²) in [6.07, 6.45) is 3.61. The second-order valence-corrected chi connectivity index (χ2v) is 6.10. The van der Waals surface area contributed by atoms with Crippen LogP contribution < -0.4 is 14.8 Å². The predicted molar refractivity (Wildman–Crippen MR) is 103 cm³/mol. The highest BCUT2D eigenvalue weighted by Gasteiger charge is 2.07. The van der Waals surface area contributed by atoms with E-state index in [1.54, 1.807) is 16.9 Å². The zero-order chi connectivity index (χ0) is 19.1. The Bertz CT molecular complexity index is 888. The second-order valence-electron chi connectivity index (χ2n) is 6.10. The highest BCUT2D eigenvalue weighted by atomic mass is 16.5. The Morgan fingerprint density at radius 3 is 2.48 bits per heavy atom. The molecule has 3 rings (SSSR count). The van der Waals surface area contributed by atoms with Crippen LogP contribution in [0, 0.1) is 0 Å². The molecule has 0 saturated heterocycles. The number of carbonyl (C=O) groups is 1. The number of hydrogen-bond acceptors (Lipinski definition) is 4. The lowest BCUT2D eigenvalue weighted by atomic mass is 10.1. The maximum atomic E-state index is 12.4. The van der Waals surface area contributed by atoms with Crippen molar-refractivity contribution in [3.63, 3.8) is 0 Å². The van der Waals surface area contributed by atoms with Crippen molar-refractivity contribution in [1.82, 2.24) is 15.1 Å². The van der Waals surface area contributed by atoms with E-state index < -0.39 is 0 Å².